The molecular formula is C26H19Cl2NO5S. The van der Waals surface area contributed by atoms with Crippen LogP contribution in [-0.2, 0) is 4.79 Å². The lowest BCUT2D eigenvalue weighted by Crippen LogP contribution is -2.32. The Morgan fingerprint density at radius 1 is 1.03 bits per heavy atom. The van der Waals surface area contributed by atoms with Gasteiger partial charge in [0.25, 0.3) is 11.1 Å². The van der Waals surface area contributed by atoms with Gasteiger partial charge in [0.15, 0.2) is 0 Å². The number of esters is 1. The van der Waals surface area contributed by atoms with Gasteiger partial charge in [-0.25, -0.2) is 4.79 Å². The zero-order chi connectivity index (χ0) is 24.9. The third-order valence-electron chi connectivity index (χ3n) is 5.03. The third-order valence-corrected chi connectivity index (χ3v) is 6.51. The number of carbonyl (C=O) groups is 3. The Morgan fingerprint density at radius 2 is 1.77 bits per heavy atom. The Morgan fingerprint density at radius 3 is 2.51 bits per heavy atom. The smallest absolute Gasteiger partial charge is 0.345 e. The number of hydrogen-bond acceptors (Lipinski definition) is 6. The molecule has 0 unspecified atom stereocenters. The molecule has 1 aliphatic rings. The molecule has 1 heterocycles. The number of hydrogen-bond donors (Lipinski definition) is 0. The van der Waals surface area contributed by atoms with Crippen LogP contribution in [0.25, 0.3) is 6.08 Å². The lowest BCUT2D eigenvalue weighted by atomic mass is 10.1. The van der Waals surface area contributed by atoms with Crippen LogP contribution < -0.4 is 9.47 Å². The monoisotopic (exact) mass is 527 g/mol. The molecule has 3 aromatic rings. The average molecular weight is 528 g/mol. The van der Waals surface area contributed by atoms with Crippen LogP contribution in [0.1, 0.15) is 21.5 Å². The molecule has 0 spiro atoms. The van der Waals surface area contributed by atoms with E-state index in [2.05, 4.69) is 0 Å². The number of aryl methyl sites for hydroxylation is 1. The normalized spacial score (nSPS) is 14.5. The quantitative estimate of drug-likeness (QED) is 0.195. The van der Waals surface area contributed by atoms with Crippen LogP contribution in [0.2, 0.25) is 10.0 Å². The van der Waals surface area contributed by atoms with Gasteiger partial charge >= 0.3 is 5.97 Å². The van der Waals surface area contributed by atoms with Gasteiger partial charge in [0.05, 0.1) is 22.0 Å². The van der Waals surface area contributed by atoms with E-state index in [1.807, 2.05) is 31.2 Å². The summed E-state index contributed by atoms with van der Waals surface area (Å²) in [5, 5.41) is 0.215. The Bertz CT molecular complexity index is 1320. The van der Waals surface area contributed by atoms with Gasteiger partial charge in [-0.2, -0.15) is 0 Å². The molecule has 9 heteroatoms. The van der Waals surface area contributed by atoms with Crippen LogP contribution in [0.5, 0.6) is 11.5 Å². The second-order valence-corrected chi connectivity index (χ2v) is 9.38. The lowest BCUT2D eigenvalue weighted by Gasteiger charge is -2.13. The van der Waals surface area contributed by atoms with E-state index in [0.717, 1.165) is 22.2 Å². The topological polar surface area (TPSA) is 72.9 Å². The molecule has 0 bridgehead atoms. The maximum atomic E-state index is 12.9. The van der Waals surface area contributed by atoms with Crippen LogP contribution in [0, 0.1) is 6.92 Å². The summed E-state index contributed by atoms with van der Waals surface area (Å²) in [5.74, 6) is -0.291. The van der Waals surface area contributed by atoms with E-state index in [0.29, 0.717) is 16.3 Å². The van der Waals surface area contributed by atoms with Gasteiger partial charge in [-0.05, 0) is 67.2 Å². The zero-order valence-corrected chi connectivity index (χ0v) is 20.8. The molecule has 1 fully saturated rings. The van der Waals surface area contributed by atoms with Gasteiger partial charge in [-0.3, -0.25) is 14.5 Å². The maximum absolute atomic E-state index is 12.9. The van der Waals surface area contributed by atoms with Gasteiger partial charge < -0.3 is 9.47 Å². The minimum atomic E-state index is -0.658. The first kappa shape index (κ1) is 24.9. The highest BCUT2D eigenvalue weighted by molar-refractivity contribution is 8.18. The molecule has 1 saturated heterocycles. The molecule has 35 heavy (non-hydrogen) atoms. The molecule has 0 aliphatic carbocycles. The molecule has 0 aromatic heterocycles. The highest BCUT2D eigenvalue weighted by Crippen LogP contribution is 2.35. The molecule has 178 valence electrons. The van der Waals surface area contributed by atoms with Crippen LogP contribution in [0.4, 0.5) is 4.79 Å². The number of ether oxygens (including phenoxy) is 2. The van der Waals surface area contributed by atoms with E-state index in [1.54, 1.807) is 36.4 Å². The molecule has 0 N–H and O–H groups in total. The van der Waals surface area contributed by atoms with Gasteiger partial charge in [-0.15, -0.1) is 0 Å². The highest BCUT2D eigenvalue weighted by atomic mass is 35.5. The number of nitrogens with zero attached hydrogens (tertiary/aromatic N) is 1. The van der Waals surface area contributed by atoms with Gasteiger partial charge in [0, 0.05) is 10.6 Å². The van der Waals surface area contributed by atoms with Crippen molar-refractivity contribution in [2.24, 2.45) is 0 Å². The van der Waals surface area contributed by atoms with Crippen molar-refractivity contribution < 1.29 is 23.9 Å². The first-order chi connectivity index (χ1) is 16.8. The number of thioether (sulfide) groups is 1. The number of rotatable bonds is 7. The molecule has 4 rings (SSSR count). The first-order valence-corrected chi connectivity index (χ1v) is 12.1. The SMILES string of the molecule is Cc1ccc(OCCN2C(=O)S/C(=C\c3cc(Cl)ccc3OC(=O)c3ccccc3Cl)C2=O)cc1. The lowest BCUT2D eigenvalue weighted by molar-refractivity contribution is -0.123. The number of halogens is 2. The number of imide groups is 1. The second kappa shape index (κ2) is 11.0. The molecule has 2 amide bonds. The molecular weight excluding hydrogens is 509 g/mol. The summed E-state index contributed by atoms with van der Waals surface area (Å²) in [4.78, 5) is 39.3. The molecule has 1 aliphatic heterocycles. The van der Waals surface area contributed by atoms with E-state index >= 15 is 0 Å². The minimum absolute atomic E-state index is 0.0970. The van der Waals surface area contributed by atoms with Crippen molar-refractivity contribution in [3.05, 3.63) is 98.4 Å². The summed E-state index contributed by atoms with van der Waals surface area (Å²) in [7, 11) is 0. The second-order valence-electron chi connectivity index (χ2n) is 7.55. The van der Waals surface area contributed by atoms with Crippen molar-refractivity contribution >= 4 is 58.2 Å². The summed E-state index contributed by atoms with van der Waals surface area (Å²) < 4.78 is 11.2. The van der Waals surface area contributed by atoms with Gasteiger partial charge in [0.2, 0.25) is 0 Å². The van der Waals surface area contributed by atoms with Crippen LogP contribution in [0.15, 0.2) is 71.6 Å². The predicted molar refractivity (Wildman–Crippen MR) is 137 cm³/mol. The first-order valence-electron chi connectivity index (χ1n) is 10.5. The fourth-order valence-corrected chi connectivity index (χ4v) is 4.48. The number of benzene rings is 3. The fraction of sp³-hybridized carbons (Fsp3) is 0.115. The van der Waals surface area contributed by atoms with Crippen LogP contribution >= 0.6 is 35.0 Å². The fourth-order valence-electron chi connectivity index (χ4n) is 3.23. The highest BCUT2D eigenvalue weighted by Gasteiger charge is 2.35. The summed E-state index contributed by atoms with van der Waals surface area (Å²) in [6, 6.07) is 18.6. The summed E-state index contributed by atoms with van der Waals surface area (Å²) >= 11 is 13.0. The Balaban J connectivity index is 1.48. The molecule has 3 aromatic carbocycles. The Kier molecular flexibility index (Phi) is 7.80. The third kappa shape index (κ3) is 6.06. The molecule has 0 radical (unpaired) electrons. The van der Waals surface area contributed by atoms with Crippen LogP contribution in [-0.4, -0.2) is 35.2 Å². The van der Waals surface area contributed by atoms with E-state index in [9.17, 15) is 14.4 Å². The van der Waals surface area contributed by atoms with E-state index in [4.69, 9.17) is 32.7 Å². The Labute approximate surface area is 216 Å². The molecule has 6 nitrogen and oxygen atoms in total. The van der Waals surface area contributed by atoms with Crippen molar-refractivity contribution in [1.82, 2.24) is 4.90 Å². The zero-order valence-electron chi connectivity index (χ0n) is 18.5. The minimum Gasteiger partial charge on any atom is -0.492 e. The van der Waals surface area contributed by atoms with E-state index < -0.39 is 17.1 Å². The maximum Gasteiger partial charge on any atom is 0.345 e. The summed E-state index contributed by atoms with van der Waals surface area (Å²) in [6.45, 7) is 2.23. The van der Waals surface area contributed by atoms with E-state index in [-0.39, 0.29) is 34.4 Å². The van der Waals surface area contributed by atoms with Crippen molar-refractivity contribution in [1.29, 1.82) is 0 Å². The standard InChI is InChI=1S/C26H19Cl2NO5S/c1-16-6-9-19(10-7-16)33-13-12-29-24(30)23(35-26(29)32)15-17-14-18(27)8-11-22(17)34-25(31)20-4-2-3-5-21(20)28/h2-11,14-15H,12-13H2,1H3/b23-15-. The Hall–Kier alpha value is -3.26. The number of amides is 2. The van der Waals surface area contributed by atoms with Crippen molar-refractivity contribution in [3.8, 4) is 11.5 Å². The predicted octanol–water partition coefficient (Wildman–Crippen LogP) is 6.64. The van der Waals surface area contributed by atoms with Crippen molar-refractivity contribution in [2.75, 3.05) is 13.2 Å². The largest absolute Gasteiger partial charge is 0.492 e. The van der Waals surface area contributed by atoms with Gasteiger partial charge in [-0.1, -0.05) is 53.0 Å². The van der Waals surface area contributed by atoms with E-state index in [1.165, 1.54) is 12.1 Å². The molecule has 0 atom stereocenters. The summed E-state index contributed by atoms with van der Waals surface area (Å²) in [5.41, 5.74) is 1.68. The van der Waals surface area contributed by atoms with Crippen LogP contribution in [0.3, 0.4) is 0 Å². The average Bonchev–Trinajstić information content (AvgIpc) is 3.09. The molecule has 0 saturated carbocycles. The van der Waals surface area contributed by atoms with Crippen molar-refractivity contribution in [2.45, 2.75) is 6.92 Å². The number of carbonyl (C=O) groups excluding carboxylic acids is 3. The van der Waals surface area contributed by atoms with Gasteiger partial charge in [0.1, 0.15) is 18.1 Å². The van der Waals surface area contributed by atoms with Crippen molar-refractivity contribution in [3.63, 3.8) is 0 Å². The summed E-state index contributed by atoms with van der Waals surface area (Å²) in [6.07, 6.45) is 1.48.